The summed E-state index contributed by atoms with van der Waals surface area (Å²) in [6.45, 7) is 1.93. The molecule has 0 fully saturated rings. The number of hydrogen-bond acceptors (Lipinski definition) is 3. The molecule has 0 saturated heterocycles. The van der Waals surface area contributed by atoms with E-state index in [4.69, 9.17) is 11.6 Å². The van der Waals surface area contributed by atoms with Gasteiger partial charge in [-0.05, 0) is 24.6 Å². The molecule has 0 bridgehead atoms. The first kappa shape index (κ1) is 12.7. The Kier molecular flexibility index (Phi) is 2.76. The molecule has 0 atom stereocenters. The first-order valence-electron chi connectivity index (χ1n) is 5.93. The van der Waals surface area contributed by atoms with Crippen LogP contribution in [0.3, 0.4) is 0 Å². The lowest BCUT2D eigenvalue weighted by atomic mass is 10.1. The van der Waals surface area contributed by atoms with E-state index in [1.165, 1.54) is 4.57 Å². The summed E-state index contributed by atoms with van der Waals surface area (Å²) in [7, 11) is 1.54. The summed E-state index contributed by atoms with van der Waals surface area (Å²) < 4.78 is 1.28. The number of aryl methyl sites for hydroxylation is 2. The summed E-state index contributed by atoms with van der Waals surface area (Å²) in [5, 5.41) is 0.533. The second-order valence-corrected chi connectivity index (χ2v) is 4.99. The van der Waals surface area contributed by atoms with Gasteiger partial charge in [0.1, 0.15) is 11.3 Å². The second-order valence-electron chi connectivity index (χ2n) is 4.59. The largest absolute Gasteiger partial charge is 0.332 e. The van der Waals surface area contributed by atoms with E-state index in [-0.39, 0.29) is 5.52 Å². The molecule has 20 heavy (non-hydrogen) atoms. The quantitative estimate of drug-likeness (QED) is 0.714. The van der Waals surface area contributed by atoms with Crippen molar-refractivity contribution in [3.05, 3.63) is 49.6 Å². The third-order valence-corrected chi connectivity index (χ3v) is 3.45. The Labute approximate surface area is 118 Å². The fourth-order valence-corrected chi connectivity index (χ4v) is 2.37. The Morgan fingerprint density at radius 3 is 2.70 bits per heavy atom. The van der Waals surface area contributed by atoms with Crippen molar-refractivity contribution in [2.24, 2.45) is 7.05 Å². The lowest BCUT2D eigenvalue weighted by Gasteiger charge is -2.01. The van der Waals surface area contributed by atoms with Gasteiger partial charge in [-0.1, -0.05) is 17.7 Å². The Hall–Kier alpha value is -2.34. The Bertz CT molecular complexity index is 936. The van der Waals surface area contributed by atoms with Crippen LogP contribution in [0.2, 0.25) is 5.02 Å². The Balaban J connectivity index is 2.34. The highest BCUT2D eigenvalue weighted by Gasteiger charge is 2.13. The summed E-state index contributed by atoms with van der Waals surface area (Å²) in [5.41, 5.74) is 1.25. The van der Waals surface area contributed by atoms with Crippen molar-refractivity contribution < 1.29 is 0 Å². The molecular weight excluding hydrogens is 280 g/mol. The number of halogens is 1. The summed E-state index contributed by atoms with van der Waals surface area (Å²) in [6.07, 6.45) is 0. The Morgan fingerprint density at radius 1 is 1.25 bits per heavy atom. The maximum atomic E-state index is 11.8. The van der Waals surface area contributed by atoms with Gasteiger partial charge in [-0.15, -0.1) is 0 Å². The maximum absolute atomic E-state index is 11.8. The van der Waals surface area contributed by atoms with E-state index in [1.54, 1.807) is 7.05 Å². The maximum Gasteiger partial charge on any atom is 0.329 e. The highest BCUT2D eigenvalue weighted by atomic mass is 35.5. The summed E-state index contributed by atoms with van der Waals surface area (Å²) in [5.74, 6) is 0.455. The molecule has 2 aromatic heterocycles. The molecule has 2 heterocycles. The number of nitrogens with zero attached hydrogens (tertiary/aromatic N) is 2. The van der Waals surface area contributed by atoms with Gasteiger partial charge in [-0.3, -0.25) is 14.3 Å². The van der Waals surface area contributed by atoms with Crippen LogP contribution < -0.4 is 11.2 Å². The number of rotatable bonds is 1. The normalized spacial score (nSPS) is 11.2. The molecule has 6 nitrogen and oxygen atoms in total. The highest BCUT2D eigenvalue weighted by molar-refractivity contribution is 6.33. The van der Waals surface area contributed by atoms with Crippen molar-refractivity contribution in [3.8, 4) is 11.4 Å². The van der Waals surface area contributed by atoms with E-state index in [0.29, 0.717) is 22.1 Å². The third-order valence-electron chi connectivity index (χ3n) is 3.13. The second kappa shape index (κ2) is 4.35. The minimum Gasteiger partial charge on any atom is -0.332 e. The fourth-order valence-electron chi connectivity index (χ4n) is 2.04. The summed E-state index contributed by atoms with van der Waals surface area (Å²) in [4.78, 5) is 32.7. The molecule has 2 N–H and O–H groups in total. The molecule has 0 aliphatic heterocycles. The summed E-state index contributed by atoms with van der Waals surface area (Å²) >= 11 is 6.19. The van der Waals surface area contributed by atoms with E-state index in [2.05, 4.69) is 15.0 Å². The van der Waals surface area contributed by atoms with Gasteiger partial charge in [0.25, 0.3) is 5.56 Å². The van der Waals surface area contributed by atoms with Gasteiger partial charge < -0.3 is 4.98 Å². The molecule has 3 rings (SSSR count). The third kappa shape index (κ3) is 1.85. The van der Waals surface area contributed by atoms with E-state index < -0.39 is 11.2 Å². The van der Waals surface area contributed by atoms with Gasteiger partial charge in [0.2, 0.25) is 0 Å². The molecule has 0 aliphatic rings. The van der Waals surface area contributed by atoms with Crippen molar-refractivity contribution in [1.82, 2.24) is 19.5 Å². The van der Waals surface area contributed by atoms with Gasteiger partial charge in [0.05, 0.1) is 5.02 Å². The zero-order chi connectivity index (χ0) is 14.4. The average Bonchev–Trinajstić information content (AvgIpc) is 2.81. The SMILES string of the molecule is Cc1ccc(-c2nc3c([nH]2)c(=O)[nH]c(=O)n3C)c(Cl)c1. The number of benzene rings is 1. The number of hydrogen-bond donors (Lipinski definition) is 2. The molecule has 102 valence electrons. The van der Waals surface area contributed by atoms with Gasteiger partial charge in [-0.2, -0.15) is 0 Å². The molecule has 0 unspecified atom stereocenters. The number of H-pyrrole nitrogens is 2. The summed E-state index contributed by atoms with van der Waals surface area (Å²) in [6, 6.07) is 5.53. The smallest absolute Gasteiger partial charge is 0.329 e. The fraction of sp³-hybridized carbons (Fsp3) is 0.154. The molecule has 0 amide bonds. The van der Waals surface area contributed by atoms with Crippen LogP contribution in [-0.2, 0) is 7.05 Å². The van der Waals surface area contributed by atoms with Crippen LogP contribution in [0.5, 0.6) is 0 Å². The van der Waals surface area contributed by atoms with E-state index in [9.17, 15) is 9.59 Å². The first-order valence-corrected chi connectivity index (χ1v) is 6.30. The van der Waals surface area contributed by atoms with Crippen LogP contribution >= 0.6 is 11.6 Å². The molecule has 0 saturated carbocycles. The minimum atomic E-state index is -0.504. The molecular formula is C13H11ClN4O2. The molecule has 0 spiro atoms. The van der Waals surface area contributed by atoms with Gasteiger partial charge in [-0.25, -0.2) is 9.78 Å². The monoisotopic (exact) mass is 290 g/mol. The van der Waals surface area contributed by atoms with Crippen LogP contribution in [0.4, 0.5) is 0 Å². The van der Waals surface area contributed by atoms with Crippen LogP contribution in [0.25, 0.3) is 22.6 Å². The van der Waals surface area contributed by atoms with Crippen molar-refractivity contribution >= 4 is 22.8 Å². The van der Waals surface area contributed by atoms with Gasteiger partial charge in [0, 0.05) is 12.6 Å². The van der Waals surface area contributed by atoms with Crippen molar-refractivity contribution in [3.63, 3.8) is 0 Å². The van der Waals surface area contributed by atoms with Crippen molar-refractivity contribution in [1.29, 1.82) is 0 Å². The zero-order valence-electron chi connectivity index (χ0n) is 10.8. The van der Waals surface area contributed by atoms with Crippen LogP contribution in [0.1, 0.15) is 5.56 Å². The zero-order valence-corrected chi connectivity index (χ0v) is 11.6. The highest BCUT2D eigenvalue weighted by Crippen LogP contribution is 2.27. The number of imidazole rings is 1. The van der Waals surface area contributed by atoms with E-state index in [1.807, 2.05) is 25.1 Å². The van der Waals surface area contributed by atoms with Crippen LogP contribution in [0.15, 0.2) is 27.8 Å². The van der Waals surface area contributed by atoms with E-state index >= 15 is 0 Å². The van der Waals surface area contributed by atoms with Gasteiger partial charge in [0.15, 0.2) is 5.65 Å². The van der Waals surface area contributed by atoms with E-state index in [0.717, 1.165) is 5.56 Å². The average molecular weight is 291 g/mol. The van der Waals surface area contributed by atoms with Crippen LogP contribution in [0, 0.1) is 6.92 Å². The lowest BCUT2D eigenvalue weighted by molar-refractivity contribution is 0.832. The lowest BCUT2D eigenvalue weighted by Crippen LogP contribution is -2.28. The Morgan fingerprint density at radius 2 is 2.00 bits per heavy atom. The van der Waals surface area contributed by atoms with Crippen molar-refractivity contribution in [2.75, 3.05) is 0 Å². The predicted octanol–water partition coefficient (Wildman–Crippen LogP) is 1.58. The number of fused-ring (bicyclic) bond motifs is 1. The number of aromatic nitrogens is 4. The number of aromatic amines is 2. The predicted molar refractivity (Wildman–Crippen MR) is 77.1 cm³/mol. The minimum absolute atomic E-state index is 0.249. The molecule has 7 heteroatoms. The standard InChI is InChI=1S/C13H11ClN4O2/c1-6-3-4-7(8(14)5-6)10-15-9-11(16-10)18(2)13(20)17-12(9)19/h3-5H,1-2H3,(H,15,16)(H,17,19,20). The molecule has 1 aromatic carbocycles. The van der Waals surface area contributed by atoms with Crippen LogP contribution in [-0.4, -0.2) is 19.5 Å². The molecule has 0 aliphatic carbocycles. The molecule has 3 aromatic rings. The number of nitrogens with one attached hydrogen (secondary N) is 2. The van der Waals surface area contributed by atoms with Gasteiger partial charge >= 0.3 is 5.69 Å². The topological polar surface area (TPSA) is 83.5 Å². The van der Waals surface area contributed by atoms with Crippen molar-refractivity contribution in [2.45, 2.75) is 6.92 Å². The molecule has 0 radical (unpaired) electrons. The first-order chi connectivity index (χ1) is 9.47.